The standard InChI is InChI=1S/C17H17NO4/c1-3-11-8-9-13(17(21)22-2)15(10-11)18-14-7-5-4-6-12(14)16(19)20/h4-10,18H,3H2,1-2H3,(H,19,20). The van der Waals surface area contributed by atoms with E-state index in [2.05, 4.69) is 5.32 Å². The van der Waals surface area contributed by atoms with Gasteiger partial charge in [-0.3, -0.25) is 0 Å². The van der Waals surface area contributed by atoms with Crippen LogP contribution < -0.4 is 5.32 Å². The first-order chi connectivity index (χ1) is 10.6. The lowest BCUT2D eigenvalue weighted by Gasteiger charge is -2.14. The van der Waals surface area contributed by atoms with E-state index in [1.165, 1.54) is 13.2 Å². The van der Waals surface area contributed by atoms with Gasteiger partial charge in [0, 0.05) is 0 Å². The van der Waals surface area contributed by atoms with Gasteiger partial charge in [0.2, 0.25) is 0 Å². The molecule has 2 aromatic rings. The highest BCUT2D eigenvalue weighted by atomic mass is 16.5. The van der Waals surface area contributed by atoms with Gasteiger partial charge in [-0.1, -0.05) is 25.1 Å². The van der Waals surface area contributed by atoms with E-state index in [1.807, 2.05) is 19.1 Å². The Balaban J connectivity index is 2.48. The molecular weight excluding hydrogens is 282 g/mol. The summed E-state index contributed by atoms with van der Waals surface area (Å²) in [6, 6.07) is 11.9. The maximum absolute atomic E-state index is 11.9. The minimum absolute atomic E-state index is 0.139. The van der Waals surface area contributed by atoms with Crippen LogP contribution in [0.1, 0.15) is 33.2 Å². The third-order valence-electron chi connectivity index (χ3n) is 3.32. The highest BCUT2D eigenvalue weighted by Crippen LogP contribution is 2.26. The number of para-hydroxylation sites is 1. The fourth-order valence-electron chi connectivity index (χ4n) is 2.13. The summed E-state index contributed by atoms with van der Waals surface area (Å²) in [4.78, 5) is 23.1. The number of hydrogen-bond donors (Lipinski definition) is 2. The Labute approximate surface area is 128 Å². The molecule has 2 rings (SSSR count). The highest BCUT2D eigenvalue weighted by Gasteiger charge is 2.15. The van der Waals surface area contributed by atoms with Gasteiger partial charge in [0.25, 0.3) is 0 Å². The van der Waals surface area contributed by atoms with Gasteiger partial charge in [-0.2, -0.15) is 0 Å². The molecule has 5 nitrogen and oxygen atoms in total. The number of carboxylic acids is 1. The van der Waals surface area contributed by atoms with Crippen LogP contribution in [0.25, 0.3) is 0 Å². The maximum atomic E-state index is 11.9. The monoisotopic (exact) mass is 299 g/mol. The Morgan fingerprint density at radius 2 is 1.82 bits per heavy atom. The number of aryl methyl sites for hydroxylation is 1. The normalized spacial score (nSPS) is 10.1. The van der Waals surface area contributed by atoms with Crippen molar-refractivity contribution in [3.8, 4) is 0 Å². The van der Waals surface area contributed by atoms with Crippen molar-refractivity contribution in [1.82, 2.24) is 0 Å². The Hall–Kier alpha value is -2.82. The number of carbonyl (C=O) groups excluding carboxylic acids is 1. The topological polar surface area (TPSA) is 75.6 Å². The maximum Gasteiger partial charge on any atom is 0.339 e. The first-order valence-electron chi connectivity index (χ1n) is 6.87. The van der Waals surface area contributed by atoms with Crippen LogP contribution in [0.5, 0.6) is 0 Å². The van der Waals surface area contributed by atoms with Crippen LogP contribution in [-0.4, -0.2) is 24.2 Å². The van der Waals surface area contributed by atoms with E-state index >= 15 is 0 Å². The van der Waals surface area contributed by atoms with Gasteiger partial charge in [0.15, 0.2) is 0 Å². The summed E-state index contributed by atoms with van der Waals surface area (Å²) < 4.78 is 4.77. The van der Waals surface area contributed by atoms with Crippen LogP contribution in [0.3, 0.4) is 0 Å². The van der Waals surface area contributed by atoms with Gasteiger partial charge >= 0.3 is 11.9 Å². The molecule has 0 saturated carbocycles. The zero-order valence-corrected chi connectivity index (χ0v) is 12.4. The molecule has 0 bridgehead atoms. The van der Waals surface area contributed by atoms with Crippen LogP contribution in [0.15, 0.2) is 42.5 Å². The van der Waals surface area contributed by atoms with Gasteiger partial charge in [-0.25, -0.2) is 9.59 Å². The number of nitrogens with one attached hydrogen (secondary N) is 1. The molecule has 0 fully saturated rings. The Morgan fingerprint density at radius 1 is 1.09 bits per heavy atom. The SMILES string of the molecule is CCc1ccc(C(=O)OC)c(Nc2ccccc2C(=O)O)c1. The first-order valence-corrected chi connectivity index (χ1v) is 6.87. The molecule has 0 aliphatic heterocycles. The summed E-state index contributed by atoms with van der Waals surface area (Å²) in [5.74, 6) is -1.51. The van der Waals surface area contributed by atoms with Crippen molar-refractivity contribution in [2.75, 3.05) is 12.4 Å². The summed E-state index contributed by atoms with van der Waals surface area (Å²) in [5, 5.41) is 12.3. The van der Waals surface area contributed by atoms with E-state index in [0.717, 1.165) is 12.0 Å². The summed E-state index contributed by atoms with van der Waals surface area (Å²) >= 11 is 0. The van der Waals surface area contributed by atoms with E-state index in [1.54, 1.807) is 24.3 Å². The van der Waals surface area contributed by atoms with Gasteiger partial charge < -0.3 is 15.2 Å². The molecule has 2 aromatic carbocycles. The van der Waals surface area contributed by atoms with E-state index in [9.17, 15) is 14.7 Å². The Morgan fingerprint density at radius 3 is 2.45 bits per heavy atom. The van der Waals surface area contributed by atoms with Crippen LogP contribution in [0.4, 0.5) is 11.4 Å². The smallest absolute Gasteiger partial charge is 0.339 e. The van der Waals surface area contributed by atoms with E-state index < -0.39 is 11.9 Å². The Bertz CT molecular complexity index is 710. The molecule has 5 heteroatoms. The molecule has 0 heterocycles. The fraction of sp³-hybridized carbons (Fsp3) is 0.176. The Kier molecular flexibility index (Phi) is 4.78. The van der Waals surface area contributed by atoms with Gasteiger partial charge in [0.1, 0.15) is 0 Å². The molecule has 114 valence electrons. The molecule has 0 spiro atoms. The predicted molar refractivity (Wildman–Crippen MR) is 83.8 cm³/mol. The minimum Gasteiger partial charge on any atom is -0.478 e. The van der Waals surface area contributed by atoms with Crippen molar-refractivity contribution in [1.29, 1.82) is 0 Å². The molecule has 0 saturated heterocycles. The number of esters is 1. The number of carbonyl (C=O) groups is 2. The molecule has 0 aliphatic rings. The van der Waals surface area contributed by atoms with Crippen LogP contribution in [-0.2, 0) is 11.2 Å². The summed E-state index contributed by atoms with van der Waals surface area (Å²) in [5.41, 5.74) is 2.48. The zero-order valence-electron chi connectivity index (χ0n) is 12.4. The fourth-order valence-corrected chi connectivity index (χ4v) is 2.13. The lowest BCUT2D eigenvalue weighted by atomic mass is 10.1. The van der Waals surface area contributed by atoms with E-state index in [4.69, 9.17) is 4.74 Å². The third-order valence-corrected chi connectivity index (χ3v) is 3.32. The molecule has 0 aromatic heterocycles. The first kappa shape index (κ1) is 15.6. The number of methoxy groups -OCH3 is 1. The highest BCUT2D eigenvalue weighted by molar-refractivity contribution is 5.99. The van der Waals surface area contributed by atoms with Gasteiger partial charge in [0.05, 0.1) is 29.6 Å². The molecule has 0 atom stereocenters. The van der Waals surface area contributed by atoms with Crippen LogP contribution >= 0.6 is 0 Å². The number of rotatable bonds is 5. The number of carboxylic acid groups (broad SMARTS) is 1. The van der Waals surface area contributed by atoms with Crippen molar-refractivity contribution in [2.45, 2.75) is 13.3 Å². The number of anilines is 2. The molecule has 2 N–H and O–H groups in total. The van der Waals surface area contributed by atoms with Crippen molar-refractivity contribution in [2.24, 2.45) is 0 Å². The van der Waals surface area contributed by atoms with Crippen molar-refractivity contribution < 1.29 is 19.4 Å². The number of aromatic carboxylic acids is 1. The lowest BCUT2D eigenvalue weighted by molar-refractivity contribution is 0.0601. The number of hydrogen-bond acceptors (Lipinski definition) is 4. The second-order valence-electron chi connectivity index (χ2n) is 4.70. The summed E-state index contributed by atoms with van der Waals surface area (Å²) in [6.45, 7) is 2.00. The van der Waals surface area contributed by atoms with E-state index in [-0.39, 0.29) is 5.56 Å². The molecule has 0 radical (unpaired) electrons. The van der Waals surface area contributed by atoms with Gasteiger partial charge in [-0.15, -0.1) is 0 Å². The number of benzene rings is 2. The van der Waals surface area contributed by atoms with Crippen molar-refractivity contribution >= 4 is 23.3 Å². The average molecular weight is 299 g/mol. The second kappa shape index (κ2) is 6.76. The molecular formula is C17H17NO4. The predicted octanol–water partition coefficient (Wildman–Crippen LogP) is 3.48. The molecule has 0 aliphatic carbocycles. The number of ether oxygens (including phenoxy) is 1. The summed E-state index contributed by atoms with van der Waals surface area (Å²) in [6.07, 6.45) is 0.802. The van der Waals surface area contributed by atoms with Crippen LogP contribution in [0, 0.1) is 0 Å². The van der Waals surface area contributed by atoms with Gasteiger partial charge in [-0.05, 0) is 36.2 Å². The second-order valence-corrected chi connectivity index (χ2v) is 4.70. The largest absolute Gasteiger partial charge is 0.478 e. The molecule has 0 unspecified atom stereocenters. The average Bonchev–Trinajstić information content (AvgIpc) is 2.54. The summed E-state index contributed by atoms with van der Waals surface area (Å²) in [7, 11) is 1.31. The molecule has 22 heavy (non-hydrogen) atoms. The third kappa shape index (κ3) is 3.25. The van der Waals surface area contributed by atoms with Crippen molar-refractivity contribution in [3.05, 3.63) is 59.2 Å². The lowest BCUT2D eigenvalue weighted by Crippen LogP contribution is -2.08. The van der Waals surface area contributed by atoms with Crippen LogP contribution in [0.2, 0.25) is 0 Å². The minimum atomic E-state index is -1.03. The quantitative estimate of drug-likeness (QED) is 0.827. The zero-order chi connectivity index (χ0) is 16.1. The van der Waals surface area contributed by atoms with E-state index in [0.29, 0.717) is 16.9 Å². The molecule has 0 amide bonds. The van der Waals surface area contributed by atoms with Crippen molar-refractivity contribution in [3.63, 3.8) is 0 Å².